The van der Waals surface area contributed by atoms with Crippen LogP contribution in [0.1, 0.15) is 23.1 Å². The second kappa shape index (κ2) is 6.53. The number of alkyl halides is 1. The summed E-state index contributed by atoms with van der Waals surface area (Å²) >= 11 is 3.51. The fourth-order valence-corrected chi connectivity index (χ4v) is 2.29. The third-order valence-corrected chi connectivity index (χ3v) is 3.39. The molecule has 1 atom stereocenters. The third kappa shape index (κ3) is 4.21. The van der Waals surface area contributed by atoms with Crippen molar-refractivity contribution < 1.29 is 9.53 Å². The van der Waals surface area contributed by atoms with E-state index in [4.69, 9.17) is 4.74 Å². The first-order chi connectivity index (χ1) is 9.15. The summed E-state index contributed by atoms with van der Waals surface area (Å²) in [6.45, 7) is 1.59. The predicted molar refractivity (Wildman–Crippen MR) is 79.6 cm³/mol. The van der Waals surface area contributed by atoms with Gasteiger partial charge in [-0.05, 0) is 40.5 Å². The number of carbonyl (C=O) groups excluding carboxylic acids is 1. The molecule has 0 aliphatic heterocycles. The molecule has 2 aromatic carbocycles. The zero-order chi connectivity index (χ0) is 13.7. The van der Waals surface area contributed by atoms with Crippen molar-refractivity contribution in [1.82, 2.24) is 0 Å². The van der Waals surface area contributed by atoms with E-state index in [9.17, 15) is 4.79 Å². The summed E-state index contributed by atoms with van der Waals surface area (Å²) < 4.78 is 5.79. The van der Waals surface area contributed by atoms with E-state index in [-0.39, 0.29) is 10.8 Å². The highest BCUT2D eigenvalue weighted by atomic mass is 79.9. The second-order valence-electron chi connectivity index (χ2n) is 4.37. The molecule has 0 saturated heterocycles. The largest absolute Gasteiger partial charge is 0.474 e. The molecule has 0 radical (unpaired) electrons. The summed E-state index contributed by atoms with van der Waals surface area (Å²) in [5.74, 6) is 0.939. The van der Waals surface area contributed by atoms with E-state index in [2.05, 4.69) is 15.9 Å². The molecule has 2 aromatic rings. The highest BCUT2D eigenvalue weighted by molar-refractivity contribution is 9.09. The number of ether oxygens (including phenoxy) is 1. The van der Waals surface area contributed by atoms with Gasteiger partial charge in [-0.2, -0.15) is 0 Å². The Morgan fingerprint density at radius 1 is 1.11 bits per heavy atom. The quantitative estimate of drug-likeness (QED) is 0.769. The molecular weight excluding hydrogens is 304 g/mol. The number of rotatable bonds is 5. The topological polar surface area (TPSA) is 26.3 Å². The average molecular weight is 319 g/mol. The Hall–Kier alpha value is -1.61. The lowest BCUT2D eigenvalue weighted by atomic mass is 10.1. The molecule has 2 nitrogen and oxygen atoms in total. The van der Waals surface area contributed by atoms with Gasteiger partial charge in [0.1, 0.15) is 11.5 Å². The summed E-state index contributed by atoms with van der Waals surface area (Å²) in [5.41, 5.74) is 2.07. The van der Waals surface area contributed by atoms with Gasteiger partial charge in [0.25, 0.3) is 0 Å². The molecular formula is C16H15BrO2. The molecule has 0 fully saturated rings. The van der Waals surface area contributed by atoms with Crippen LogP contribution in [0, 0.1) is 0 Å². The lowest BCUT2D eigenvalue weighted by Gasteiger charge is -2.13. The first-order valence-electron chi connectivity index (χ1n) is 6.09. The molecule has 1 unspecified atom stereocenters. The zero-order valence-electron chi connectivity index (χ0n) is 10.7. The van der Waals surface area contributed by atoms with Crippen LogP contribution in [-0.4, -0.2) is 5.78 Å². The lowest BCUT2D eigenvalue weighted by molar-refractivity contribution is -0.116. The van der Waals surface area contributed by atoms with Gasteiger partial charge in [0.15, 0.2) is 5.01 Å². The fraction of sp³-hybridized carbons (Fsp3) is 0.188. The standard InChI is InChI=1S/C16H15BrO2/c1-12(18)11-13-7-9-15(10-8-13)19-16(17)14-5-3-2-4-6-14/h2-10,16H,11H2,1H3. The molecule has 0 spiro atoms. The smallest absolute Gasteiger partial charge is 0.178 e. The van der Waals surface area contributed by atoms with E-state index < -0.39 is 0 Å². The van der Waals surface area contributed by atoms with Gasteiger partial charge in [-0.1, -0.05) is 42.5 Å². The Kier molecular flexibility index (Phi) is 4.74. The summed E-state index contributed by atoms with van der Waals surface area (Å²) in [4.78, 5) is 11.0. The molecule has 98 valence electrons. The average Bonchev–Trinajstić information content (AvgIpc) is 2.41. The summed E-state index contributed by atoms with van der Waals surface area (Å²) in [5, 5.41) is -0.174. The summed E-state index contributed by atoms with van der Waals surface area (Å²) in [6.07, 6.45) is 0.469. The first kappa shape index (κ1) is 13.8. The number of Topliss-reactive ketones (excluding diaryl/α,β-unsaturated/α-hetero) is 1. The lowest BCUT2D eigenvalue weighted by Crippen LogP contribution is -2.00. The van der Waals surface area contributed by atoms with Gasteiger partial charge in [-0.25, -0.2) is 0 Å². The van der Waals surface area contributed by atoms with Crippen LogP contribution in [0.2, 0.25) is 0 Å². The van der Waals surface area contributed by atoms with E-state index >= 15 is 0 Å². The van der Waals surface area contributed by atoms with Crippen molar-refractivity contribution in [3.8, 4) is 5.75 Å². The molecule has 2 rings (SSSR count). The summed E-state index contributed by atoms with van der Waals surface area (Å²) in [7, 11) is 0. The highest BCUT2D eigenvalue weighted by Gasteiger charge is 2.08. The maximum Gasteiger partial charge on any atom is 0.178 e. The minimum atomic E-state index is -0.174. The van der Waals surface area contributed by atoms with Crippen LogP contribution in [-0.2, 0) is 11.2 Å². The molecule has 0 heterocycles. The van der Waals surface area contributed by atoms with Gasteiger partial charge in [-0.3, -0.25) is 4.79 Å². The monoisotopic (exact) mass is 318 g/mol. The Morgan fingerprint density at radius 3 is 2.32 bits per heavy atom. The van der Waals surface area contributed by atoms with Gasteiger partial charge >= 0.3 is 0 Å². The van der Waals surface area contributed by atoms with Crippen molar-refractivity contribution in [2.75, 3.05) is 0 Å². The van der Waals surface area contributed by atoms with Crippen LogP contribution in [0.15, 0.2) is 54.6 Å². The van der Waals surface area contributed by atoms with Gasteiger partial charge in [0.2, 0.25) is 0 Å². The maximum absolute atomic E-state index is 11.0. The number of hydrogen-bond acceptors (Lipinski definition) is 2. The van der Waals surface area contributed by atoms with Crippen molar-refractivity contribution in [3.63, 3.8) is 0 Å². The third-order valence-electron chi connectivity index (χ3n) is 2.68. The number of ketones is 1. The SMILES string of the molecule is CC(=O)Cc1ccc(OC(Br)c2ccccc2)cc1. The van der Waals surface area contributed by atoms with E-state index in [1.807, 2.05) is 54.6 Å². The molecule has 0 saturated carbocycles. The van der Waals surface area contributed by atoms with E-state index in [0.717, 1.165) is 16.9 Å². The van der Waals surface area contributed by atoms with Crippen LogP contribution >= 0.6 is 15.9 Å². The van der Waals surface area contributed by atoms with Crippen molar-refractivity contribution >= 4 is 21.7 Å². The minimum absolute atomic E-state index is 0.163. The minimum Gasteiger partial charge on any atom is -0.474 e. The van der Waals surface area contributed by atoms with Crippen LogP contribution in [0.5, 0.6) is 5.75 Å². The Morgan fingerprint density at radius 2 is 1.74 bits per heavy atom. The molecule has 0 aromatic heterocycles. The van der Waals surface area contributed by atoms with Crippen LogP contribution < -0.4 is 4.74 Å². The van der Waals surface area contributed by atoms with Gasteiger partial charge in [-0.15, -0.1) is 0 Å². The van der Waals surface area contributed by atoms with Crippen molar-refractivity contribution in [2.24, 2.45) is 0 Å². The van der Waals surface area contributed by atoms with E-state index in [0.29, 0.717) is 6.42 Å². The van der Waals surface area contributed by atoms with Gasteiger partial charge < -0.3 is 4.74 Å². The maximum atomic E-state index is 11.0. The molecule has 3 heteroatoms. The molecule has 0 amide bonds. The van der Waals surface area contributed by atoms with Crippen LogP contribution in [0.4, 0.5) is 0 Å². The Labute approximate surface area is 121 Å². The highest BCUT2D eigenvalue weighted by Crippen LogP contribution is 2.27. The van der Waals surface area contributed by atoms with Gasteiger partial charge in [0.05, 0.1) is 0 Å². The van der Waals surface area contributed by atoms with Crippen LogP contribution in [0.3, 0.4) is 0 Å². The van der Waals surface area contributed by atoms with E-state index in [1.54, 1.807) is 6.92 Å². The molecule has 0 aliphatic rings. The normalized spacial score (nSPS) is 11.9. The molecule has 0 N–H and O–H groups in total. The Bertz CT molecular complexity index is 534. The molecule has 0 bridgehead atoms. The van der Waals surface area contributed by atoms with Crippen molar-refractivity contribution in [3.05, 3.63) is 65.7 Å². The fourth-order valence-electron chi connectivity index (χ4n) is 1.77. The van der Waals surface area contributed by atoms with Crippen molar-refractivity contribution in [1.29, 1.82) is 0 Å². The zero-order valence-corrected chi connectivity index (χ0v) is 12.3. The Balaban J connectivity index is 2.01. The second-order valence-corrected chi connectivity index (χ2v) is 5.20. The van der Waals surface area contributed by atoms with Crippen LogP contribution in [0.25, 0.3) is 0 Å². The van der Waals surface area contributed by atoms with E-state index in [1.165, 1.54) is 0 Å². The number of benzene rings is 2. The number of carbonyl (C=O) groups is 1. The molecule has 0 aliphatic carbocycles. The van der Waals surface area contributed by atoms with Gasteiger partial charge in [0, 0.05) is 12.0 Å². The molecule has 19 heavy (non-hydrogen) atoms. The first-order valence-corrected chi connectivity index (χ1v) is 7.01. The summed E-state index contributed by atoms with van der Waals surface area (Å²) in [6, 6.07) is 17.5. The van der Waals surface area contributed by atoms with Crippen molar-refractivity contribution in [2.45, 2.75) is 18.4 Å². The number of hydrogen-bond donors (Lipinski definition) is 0. The predicted octanol–water partition coefficient (Wildman–Crippen LogP) is 4.29. The number of halogens is 1.